The number of benzene rings is 1. The maximum absolute atomic E-state index is 12.2. The van der Waals surface area contributed by atoms with E-state index in [1.807, 2.05) is 42.3 Å². The van der Waals surface area contributed by atoms with E-state index >= 15 is 0 Å². The molecular weight excluding hydrogens is 276 g/mol. The monoisotopic (exact) mass is 300 g/mol. The van der Waals surface area contributed by atoms with Gasteiger partial charge in [0.25, 0.3) is 0 Å². The van der Waals surface area contributed by atoms with Gasteiger partial charge in [0.05, 0.1) is 6.61 Å². The van der Waals surface area contributed by atoms with Crippen LogP contribution >= 0.6 is 12.4 Å². The van der Waals surface area contributed by atoms with Gasteiger partial charge in [0.1, 0.15) is 0 Å². The Morgan fingerprint density at radius 2 is 2.00 bits per heavy atom. The highest BCUT2D eigenvalue weighted by atomic mass is 35.5. The number of methoxy groups -OCH3 is 1. The van der Waals surface area contributed by atoms with Crippen molar-refractivity contribution in [2.24, 2.45) is 0 Å². The Balaban J connectivity index is 0.00000361. The number of rotatable bonds is 9. The normalized spacial score (nSPS) is 9.90. The Labute approximate surface area is 127 Å². The van der Waals surface area contributed by atoms with Crippen LogP contribution in [0.4, 0.5) is 0 Å². The predicted octanol–water partition coefficient (Wildman–Crippen LogP) is 2.08. The average Bonchev–Trinajstić information content (AvgIpc) is 2.44. The minimum atomic E-state index is 0. The third-order valence-electron chi connectivity index (χ3n) is 2.95. The van der Waals surface area contributed by atoms with E-state index < -0.39 is 0 Å². The molecule has 0 atom stereocenters. The summed E-state index contributed by atoms with van der Waals surface area (Å²) in [6.07, 6.45) is 1.45. The second kappa shape index (κ2) is 11.7. The maximum Gasteiger partial charge on any atom is 0.222 e. The molecule has 4 nitrogen and oxygen atoms in total. The molecule has 0 radical (unpaired) electrons. The van der Waals surface area contributed by atoms with Crippen molar-refractivity contribution in [3.05, 3.63) is 35.9 Å². The van der Waals surface area contributed by atoms with Crippen LogP contribution in [-0.4, -0.2) is 44.7 Å². The van der Waals surface area contributed by atoms with Gasteiger partial charge in [0.15, 0.2) is 0 Å². The summed E-state index contributed by atoms with van der Waals surface area (Å²) in [5, 5.41) is 3.06. The topological polar surface area (TPSA) is 41.6 Å². The first-order valence-corrected chi connectivity index (χ1v) is 6.73. The standard InChI is InChI=1S/C15H24N2O2.ClH/c1-16-10-6-9-15(18)17(11-12-19-2)13-14-7-4-3-5-8-14;/h3-5,7-8,16H,6,9-13H2,1-2H3;1H. The summed E-state index contributed by atoms with van der Waals surface area (Å²) in [4.78, 5) is 14.0. The molecule has 1 amide bonds. The van der Waals surface area contributed by atoms with E-state index in [2.05, 4.69) is 5.32 Å². The van der Waals surface area contributed by atoms with Crippen molar-refractivity contribution in [3.8, 4) is 0 Å². The highest BCUT2D eigenvalue weighted by molar-refractivity contribution is 5.85. The van der Waals surface area contributed by atoms with Gasteiger partial charge in [-0.15, -0.1) is 12.4 Å². The molecule has 0 fully saturated rings. The number of nitrogens with one attached hydrogen (secondary N) is 1. The van der Waals surface area contributed by atoms with Crippen molar-refractivity contribution in [1.29, 1.82) is 0 Å². The first kappa shape index (κ1) is 18.9. The molecule has 0 aromatic heterocycles. The third-order valence-corrected chi connectivity index (χ3v) is 2.95. The van der Waals surface area contributed by atoms with Gasteiger partial charge in [-0.05, 0) is 25.6 Å². The number of hydrogen-bond acceptors (Lipinski definition) is 3. The summed E-state index contributed by atoms with van der Waals surface area (Å²) < 4.78 is 5.08. The quantitative estimate of drug-likeness (QED) is 0.710. The second-order valence-electron chi connectivity index (χ2n) is 4.50. The number of ether oxygens (including phenoxy) is 1. The smallest absolute Gasteiger partial charge is 0.222 e. The van der Waals surface area contributed by atoms with Crippen LogP contribution in [0.1, 0.15) is 18.4 Å². The van der Waals surface area contributed by atoms with Crippen LogP contribution in [0.2, 0.25) is 0 Å². The van der Waals surface area contributed by atoms with Crippen molar-refractivity contribution in [2.75, 3.05) is 33.9 Å². The molecule has 0 aliphatic carbocycles. The van der Waals surface area contributed by atoms with Crippen molar-refractivity contribution in [1.82, 2.24) is 10.2 Å². The molecule has 0 saturated carbocycles. The summed E-state index contributed by atoms with van der Waals surface area (Å²) in [7, 11) is 3.56. The summed E-state index contributed by atoms with van der Waals surface area (Å²) in [6, 6.07) is 10.1. The SMILES string of the molecule is CNCCCC(=O)N(CCOC)Cc1ccccc1.Cl. The molecule has 20 heavy (non-hydrogen) atoms. The summed E-state index contributed by atoms with van der Waals surface area (Å²) in [5.74, 6) is 0.191. The van der Waals surface area contributed by atoms with E-state index in [1.165, 1.54) is 0 Å². The van der Waals surface area contributed by atoms with E-state index in [-0.39, 0.29) is 18.3 Å². The fourth-order valence-electron chi connectivity index (χ4n) is 1.87. The molecule has 114 valence electrons. The molecule has 1 N–H and O–H groups in total. The second-order valence-corrected chi connectivity index (χ2v) is 4.50. The lowest BCUT2D eigenvalue weighted by Gasteiger charge is -2.22. The number of hydrogen-bond donors (Lipinski definition) is 1. The lowest BCUT2D eigenvalue weighted by atomic mass is 10.2. The van der Waals surface area contributed by atoms with Gasteiger partial charge in [0, 0.05) is 26.6 Å². The lowest BCUT2D eigenvalue weighted by molar-refractivity contribution is -0.132. The number of carbonyl (C=O) groups is 1. The van der Waals surface area contributed by atoms with Crippen molar-refractivity contribution >= 4 is 18.3 Å². The van der Waals surface area contributed by atoms with Crippen molar-refractivity contribution < 1.29 is 9.53 Å². The van der Waals surface area contributed by atoms with E-state index in [4.69, 9.17) is 4.74 Å². The molecule has 1 rings (SSSR count). The van der Waals surface area contributed by atoms with Crippen molar-refractivity contribution in [2.45, 2.75) is 19.4 Å². The number of halogens is 1. The van der Waals surface area contributed by atoms with Crippen molar-refractivity contribution in [3.63, 3.8) is 0 Å². The molecule has 0 aliphatic heterocycles. The molecule has 0 spiro atoms. The van der Waals surface area contributed by atoms with E-state index in [1.54, 1.807) is 7.11 Å². The van der Waals surface area contributed by atoms with Gasteiger partial charge >= 0.3 is 0 Å². The highest BCUT2D eigenvalue weighted by Crippen LogP contribution is 2.07. The Bertz CT molecular complexity index is 360. The minimum absolute atomic E-state index is 0. The molecule has 0 heterocycles. The zero-order valence-corrected chi connectivity index (χ0v) is 13.1. The van der Waals surface area contributed by atoms with E-state index in [0.717, 1.165) is 18.5 Å². The number of carbonyl (C=O) groups excluding carboxylic acids is 1. The Morgan fingerprint density at radius 3 is 2.60 bits per heavy atom. The maximum atomic E-state index is 12.2. The Hall–Kier alpha value is -1.10. The third kappa shape index (κ3) is 7.48. The number of nitrogens with zero attached hydrogens (tertiary/aromatic N) is 1. The summed E-state index contributed by atoms with van der Waals surface area (Å²) in [5.41, 5.74) is 1.15. The number of amides is 1. The van der Waals surface area contributed by atoms with Crippen LogP contribution in [0.3, 0.4) is 0 Å². The summed E-state index contributed by atoms with van der Waals surface area (Å²) in [6.45, 7) is 2.74. The Morgan fingerprint density at radius 1 is 1.30 bits per heavy atom. The molecule has 0 bridgehead atoms. The van der Waals surface area contributed by atoms with E-state index in [9.17, 15) is 4.79 Å². The molecule has 0 saturated heterocycles. The fraction of sp³-hybridized carbons (Fsp3) is 0.533. The van der Waals surface area contributed by atoms with Crippen LogP contribution < -0.4 is 5.32 Å². The predicted molar refractivity (Wildman–Crippen MR) is 84.1 cm³/mol. The molecule has 1 aromatic carbocycles. The first-order chi connectivity index (χ1) is 9.27. The van der Waals surface area contributed by atoms with Gasteiger partial charge in [-0.2, -0.15) is 0 Å². The fourth-order valence-corrected chi connectivity index (χ4v) is 1.87. The molecule has 1 aromatic rings. The minimum Gasteiger partial charge on any atom is -0.383 e. The summed E-state index contributed by atoms with van der Waals surface area (Å²) >= 11 is 0. The largest absolute Gasteiger partial charge is 0.383 e. The van der Waals surface area contributed by atoms with Gasteiger partial charge < -0.3 is 15.0 Å². The zero-order valence-electron chi connectivity index (χ0n) is 12.3. The lowest BCUT2D eigenvalue weighted by Crippen LogP contribution is -2.33. The molecule has 0 unspecified atom stereocenters. The molecule has 5 heteroatoms. The van der Waals surface area contributed by atoms with Crippen LogP contribution in [0.15, 0.2) is 30.3 Å². The van der Waals surface area contributed by atoms with Gasteiger partial charge in [-0.3, -0.25) is 4.79 Å². The van der Waals surface area contributed by atoms with Crippen LogP contribution in [-0.2, 0) is 16.1 Å². The molecule has 0 aliphatic rings. The highest BCUT2D eigenvalue weighted by Gasteiger charge is 2.13. The average molecular weight is 301 g/mol. The van der Waals surface area contributed by atoms with E-state index in [0.29, 0.717) is 26.1 Å². The zero-order chi connectivity index (χ0) is 13.9. The Kier molecular flexibility index (Phi) is 11.1. The van der Waals surface area contributed by atoms with Gasteiger partial charge in [-0.1, -0.05) is 30.3 Å². The van der Waals surface area contributed by atoms with Crippen LogP contribution in [0, 0.1) is 0 Å². The van der Waals surface area contributed by atoms with Gasteiger partial charge in [0.2, 0.25) is 5.91 Å². The molecular formula is C15H25ClN2O2. The van der Waals surface area contributed by atoms with Crippen LogP contribution in [0.25, 0.3) is 0 Å². The van der Waals surface area contributed by atoms with Crippen LogP contribution in [0.5, 0.6) is 0 Å². The van der Waals surface area contributed by atoms with Gasteiger partial charge in [-0.25, -0.2) is 0 Å². The first-order valence-electron chi connectivity index (χ1n) is 6.73.